The maximum Gasteiger partial charge on any atom is 0.327 e. The van der Waals surface area contributed by atoms with Gasteiger partial charge in [-0.25, -0.2) is 0 Å². The van der Waals surface area contributed by atoms with Gasteiger partial charge in [-0.2, -0.15) is 0 Å². The first-order valence-corrected chi connectivity index (χ1v) is 7.55. The molecule has 1 aromatic rings. The molecule has 0 saturated heterocycles. The van der Waals surface area contributed by atoms with Crippen LogP contribution < -0.4 is 10.1 Å². The third kappa shape index (κ3) is 3.76. The normalized spacial score (nSPS) is 17.6. The molecule has 1 aromatic carbocycles. The van der Waals surface area contributed by atoms with Gasteiger partial charge in [0.25, 0.3) is 0 Å². The first-order valence-electron chi connectivity index (χ1n) is 7.55. The number of nitrogens with one attached hydrogen (secondary N) is 1. The van der Waals surface area contributed by atoms with Crippen LogP contribution in [0.5, 0.6) is 5.75 Å². The molecule has 0 radical (unpaired) electrons. The third-order valence-electron chi connectivity index (χ3n) is 3.86. The summed E-state index contributed by atoms with van der Waals surface area (Å²) in [7, 11) is 0. The van der Waals surface area contributed by atoms with Crippen molar-refractivity contribution in [3.63, 3.8) is 0 Å². The van der Waals surface area contributed by atoms with Gasteiger partial charge in [0.05, 0.1) is 0 Å². The van der Waals surface area contributed by atoms with Crippen molar-refractivity contribution < 1.29 is 14.6 Å². The molecule has 0 aliphatic heterocycles. The Balaban J connectivity index is 2.16. The number of aliphatic carboxylic acids is 1. The topological polar surface area (TPSA) is 58.6 Å². The van der Waals surface area contributed by atoms with E-state index in [1.54, 1.807) is 0 Å². The summed E-state index contributed by atoms with van der Waals surface area (Å²) in [6, 6.07) is 6.07. The van der Waals surface area contributed by atoms with E-state index < -0.39 is 11.5 Å². The van der Waals surface area contributed by atoms with Gasteiger partial charge in [0.15, 0.2) is 5.54 Å². The Labute approximate surface area is 126 Å². The molecule has 21 heavy (non-hydrogen) atoms. The van der Waals surface area contributed by atoms with Crippen LogP contribution in [0, 0.1) is 19.8 Å². The van der Waals surface area contributed by atoms with E-state index in [1.807, 2.05) is 39.8 Å². The molecule has 0 spiro atoms. The molecule has 2 rings (SSSR count). The van der Waals surface area contributed by atoms with Crippen LogP contribution in [0.25, 0.3) is 0 Å². The fourth-order valence-electron chi connectivity index (χ4n) is 2.88. The predicted molar refractivity (Wildman–Crippen MR) is 82.8 cm³/mol. The lowest BCUT2D eigenvalue weighted by atomic mass is 9.93. The van der Waals surface area contributed by atoms with E-state index in [4.69, 9.17) is 4.74 Å². The van der Waals surface area contributed by atoms with Crippen LogP contribution in [0.2, 0.25) is 0 Å². The summed E-state index contributed by atoms with van der Waals surface area (Å²) < 4.78 is 5.85. The quantitative estimate of drug-likeness (QED) is 0.811. The van der Waals surface area contributed by atoms with Crippen molar-refractivity contribution in [1.82, 2.24) is 5.32 Å². The van der Waals surface area contributed by atoms with E-state index in [0.717, 1.165) is 29.7 Å². The Morgan fingerprint density at radius 1 is 1.33 bits per heavy atom. The van der Waals surface area contributed by atoms with Crippen molar-refractivity contribution in [3.05, 3.63) is 29.3 Å². The van der Waals surface area contributed by atoms with Crippen molar-refractivity contribution in [2.24, 2.45) is 5.92 Å². The zero-order valence-electron chi connectivity index (χ0n) is 13.3. The molecule has 1 unspecified atom stereocenters. The van der Waals surface area contributed by atoms with Crippen molar-refractivity contribution >= 4 is 5.97 Å². The molecule has 0 bridgehead atoms. The Morgan fingerprint density at radius 2 is 1.90 bits per heavy atom. The summed E-state index contributed by atoms with van der Waals surface area (Å²) in [5.41, 5.74) is 1.26. The highest BCUT2D eigenvalue weighted by atomic mass is 16.5. The summed E-state index contributed by atoms with van der Waals surface area (Å²) in [4.78, 5) is 11.9. The van der Waals surface area contributed by atoms with Gasteiger partial charge < -0.3 is 9.84 Å². The van der Waals surface area contributed by atoms with Crippen molar-refractivity contribution in [1.29, 1.82) is 0 Å². The average Bonchev–Trinajstić information content (AvgIpc) is 3.16. The molecular formula is C17H25NO3. The average molecular weight is 291 g/mol. The van der Waals surface area contributed by atoms with Gasteiger partial charge in [-0.05, 0) is 69.7 Å². The number of rotatable bonds is 7. The van der Waals surface area contributed by atoms with Crippen LogP contribution in [-0.2, 0) is 4.79 Å². The molecule has 1 aliphatic rings. The molecular weight excluding hydrogens is 266 g/mol. The molecule has 116 valence electrons. The molecule has 2 N–H and O–H groups in total. The molecule has 1 aliphatic carbocycles. The molecule has 4 nitrogen and oxygen atoms in total. The van der Waals surface area contributed by atoms with E-state index in [1.165, 1.54) is 0 Å². The fraction of sp³-hybridized carbons (Fsp3) is 0.588. The van der Waals surface area contributed by atoms with Crippen LogP contribution in [0.4, 0.5) is 0 Å². The second-order valence-electron chi connectivity index (χ2n) is 6.46. The summed E-state index contributed by atoms with van der Waals surface area (Å²) >= 11 is 0. The smallest absolute Gasteiger partial charge is 0.327 e. The monoisotopic (exact) mass is 291 g/mol. The van der Waals surface area contributed by atoms with Crippen LogP contribution >= 0.6 is 0 Å². The number of carboxylic acid groups (broad SMARTS) is 1. The zero-order valence-corrected chi connectivity index (χ0v) is 13.3. The van der Waals surface area contributed by atoms with Gasteiger partial charge in [0.1, 0.15) is 12.4 Å². The van der Waals surface area contributed by atoms with Crippen LogP contribution in [0.15, 0.2) is 18.2 Å². The second-order valence-corrected chi connectivity index (χ2v) is 6.46. The second kappa shape index (κ2) is 6.06. The first-order chi connectivity index (χ1) is 9.83. The van der Waals surface area contributed by atoms with Gasteiger partial charge in [0.2, 0.25) is 0 Å². The summed E-state index contributed by atoms with van der Waals surface area (Å²) in [5, 5.41) is 13.0. The number of aryl methyl sites for hydroxylation is 2. The lowest BCUT2D eigenvalue weighted by Gasteiger charge is -2.32. The number of carboxylic acids is 1. The van der Waals surface area contributed by atoms with E-state index in [9.17, 15) is 9.90 Å². The van der Waals surface area contributed by atoms with Gasteiger partial charge in [-0.1, -0.05) is 6.07 Å². The molecule has 0 heterocycles. The third-order valence-corrected chi connectivity index (χ3v) is 3.86. The first kappa shape index (κ1) is 15.8. The van der Waals surface area contributed by atoms with Crippen molar-refractivity contribution in [3.8, 4) is 5.75 Å². The molecule has 0 amide bonds. The highest BCUT2D eigenvalue weighted by Gasteiger charge is 2.52. The predicted octanol–water partition coefficient (Wildman–Crippen LogP) is 2.91. The van der Waals surface area contributed by atoms with Gasteiger partial charge >= 0.3 is 5.97 Å². The van der Waals surface area contributed by atoms with Gasteiger partial charge in [0, 0.05) is 6.04 Å². The number of hydrogen-bond donors (Lipinski definition) is 2. The standard InChI is InChI=1S/C17H25NO3/c1-11(2)18-17(16(19)20,14-5-6-14)10-21-15-8-12(3)7-13(4)9-15/h7-9,11,14,18H,5-6,10H2,1-4H3,(H,19,20). The Morgan fingerprint density at radius 3 is 2.33 bits per heavy atom. The number of carbonyl (C=O) groups is 1. The fourth-order valence-corrected chi connectivity index (χ4v) is 2.88. The molecule has 4 heteroatoms. The minimum atomic E-state index is -0.980. The zero-order chi connectivity index (χ0) is 15.6. The maximum atomic E-state index is 11.9. The number of benzene rings is 1. The van der Waals surface area contributed by atoms with E-state index in [-0.39, 0.29) is 18.6 Å². The van der Waals surface area contributed by atoms with Crippen molar-refractivity contribution in [2.75, 3.05) is 6.61 Å². The van der Waals surface area contributed by atoms with E-state index in [2.05, 4.69) is 11.4 Å². The van der Waals surface area contributed by atoms with Crippen molar-refractivity contribution in [2.45, 2.75) is 52.1 Å². The Hall–Kier alpha value is -1.55. The highest BCUT2D eigenvalue weighted by molar-refractivity contribution is 5.80. The van der Waals surface area contributed by atoms with E-state index in [0.29, 0.717) is 0 Å². The van der Waals surface area contributed by atoms with E-state index >= 15 is 0 Å². The highest BCUT2D eigenvalue weighted by Crippen LogP contribution is 2.40. The van der Waals surface area contributed by atoms with Gasteiger partial charge in [-0.15, -0.1) is 0 Å². The largest absolute Gasteiger partial charge is 0.491 e. The molecule has 0 aromatic heterocycles. The number of hydrogen-bond acceptors (Lipinski definition) is 3. The van der Waals surface area contributed by atoms with Gasteiger partial charge in [-0.3, -0.25) is 10.1 Å². The number of ether oxygens (including phenoxy) is 1. The van der Waals surface area contributed by atoms with Crippen LogP contribution in [0.3, 0.4) is 0 Å². The molecule has 1 atom stereocenters. The lowest BCUT2D eigenvalue weighted by molar-refractivity contribution is -0.148. The summed E-state index contributed by atoms with van der Waals surface area (Å²) in [6.45, 7) is 8.12. The maximum absolute atomic E-state index is 11.9. The Bertz CT molecular complexity index is 503. The minimum absolute atomic E-state index is 0.101. The molecule has 1 saturated carbocycles. The molecule has 1 fully saturated rings. The van der Waals surface area contributed by atoms with Crippen LogP contribution in [-0.4, -0.2) is 29.3 Å². The SMILES string of the molecule is Cc1cc(C)cc(OCC(NC(C)C)(C(=O)O)C2CC2)c1. The minimum Gasteiger partial charge on any atom is -0.491 e. The Kier molecular flexibility index (Phi) is 4.57. The van der Waals surface area contributed by atoms with Crippen LogP contribution in [0.1, 0.15) is 37.8 Å². The summed E-state index contributed by atoms with van der Waals surface area (Å²) in [5.74, 6) is 0.0794. The lowest BCUT2D eigenvalue weighted by Crippen LogP contribution is -2.60. The summed E-state index contributed by atoms with van der Waals surface area (Å²) in [6.07, 6.45) is 1.89.